The van der Waals surface area contributed by atoms with E-state index in [2.05, 4.69) is 77.2 Å². The number of pyridine rings is 1. The molecular weight excluding hydrogens is 519 g/mol. The van der Waals surface area contributed by atoms with Gasteiger partial charge >= 0.3 is 0 Å². The second-order valence-electron chi connectivity index (χ2n) is 10.4. The Morgan fingerprint density at radius 3 is 1.83 bits per heavy atom. The van der Waals surface area contributed by atoms with Gasteiger partial charge in [-0.05, 0) is 46.8 Å². The maximum atomic E-state index is 15.0. The van der Waals surface area contributed by atoms with Crippen molar-refractivity contribution >= 4 is 61.4 Å². The monoisotopic (exact) mass is 544 g/mol. The molecular formula is C37H25N2OP. The molecule has 3 nitrogen and oxygen atoms in total. The Morgan fingerprint density at radius 2 is 1.07 bits per heavy atom. The molecule has 0 N–H and O–H groups in total. The van der Waals surface area contributed by atoms with Crippen LogP contribution >= 0.6 is 7.14 Å². The van der Waals surface area contributed by atoms with E-state index in [-0.39, 0.29) is 0 Å². The highest BCUT2D eigenvalue weighted by molar-refractivity contribution is 7.85. The third-order valence-electron chi connectivity index (χ3n) is 8.04. The first-order chi connectivity index (χ1) is 20.2. The quantitative estimate of drug-likeness (QED) is 0.166. The molecule has 8 rings (SSSR count). The second kappa shape index (κ2) is 9.30. The lowest BCUT2D eigenvalue weighted by Gasteiger charge is -2.20. The van der Waals surface area contributed by atoms with Gasteiger partial charge in [0.2, 0.25) is 0 Å². The summed E-state index contributed by atoms with van der Waals surface area (Å²) in [6.07, 6.45) is 0. The molecule has 0 saturated carbocycles. The van der Waals surface area contributed by atoms with Crippen LogP contribution in [-0.2, 0) is 4.57 Å². The maximum absolute atomic E-state index is 15.0. The molecule has 0 fully saturated rings. The third kappa shape index (κ3) is 3.67. The first kappa shape index (κ1) is 23.9. The van der Waals surface area contributed by atoms with Gasteiger partial charge in [0.05, 0.1) is 16.6 Å². The zero-order valence-corrected chi connectivity index (χ0v) is 23.1. The number of hydrogen-bond acceptors (Lipinski definition) is 2. The molecule has 2 aromatic heterocycles. The predicted molar refractivity (Wildman–Crippen MR) is 173 cm³/mol. The lowest BCUT2D eigenvalue weighted by atomic mass is 9.99. The van der Waals surface area contributed by atoms with Gasteiger partial charge in [-0.2, -0.15) is 0 Å². The summed E-state index contributed by atoms with van der Waals surface area (Å²) in [5.41, 5.74) is 6.25. The molecule has 0 amide bonds. The van der Waals surface area contributed by atoms with E-state index in [0.29, 0.717) is 0 Å². The van der Waals surface area contributed by atoms with Crippen molar-refractivity contribution in [2.75, 3.05) is 0 Å². The van der Waals surface area contributed by atoms with Crippen LogP contribution in [0.2, 0.25) is 0 Å². The summed E-state index contributed by atoms with van der Waals surface area (Å²) < 4.78 is 17.3. The minimum Gasteiger partial charge on any atom is -0.309 e. The molecule has 0 aliphatic heterocycles. The van der Waals surface area contributed by atoms with Crippen molar-refractivity contribution in [1.82, 2.24) is 9.38 Å². The number of benzene rings is 6. The fourth-order valence-electron chi connectivity index (χ4n) is 6.09. The lowest BCUT2D eigenvalue weighted by molar-refractivity contribution is 0.592. The third-order valence-corrected chi connectivity index (χ3v) is 11.1. The van der Waals surface area contributed by atoms with Gasteiger partial charge in [-0.1, -0.05) is 121 Å². The van der Waals surface area contributed by atoms with Crippen molar-refractivity contribution in [2.24, 2.45) is 0 Å². The Hall–Kier alpha value is -4.98. The van der Waals surface area contributed by atoms with Gasteiger partial charge < -0.3 is 4.57 Å². The molecule has 0 bridgehead atoms. The van der Waals surface area contributed by atoms with Crippen LogP contribution in [0.5, 0.6) is 0 Å². The van der Waals surface area contributed by atoms with Gasteiger partial charge in [0.1, 0.15) is 5.65 Å². The predicted octanol–water partition coefficient (Wildman–Crippen LogP) is 8.10. The lowest BCUT2D eigenvalue weighted by Crippen LogP contribution is -2.25. The van der Waals surface area contributed by atoms with Gasteiger partial charge in [-0.3, -0.25) is 4.40 Å². The molecule has 0 radical (unpaired) electrons. The molecule has 4 heteroatoms. The highest BCUT2D eigenvalue weighted by atomic mass is 31.2. The Bertz CT molecular complexity index is 2240. The van der Waals surface area contributed by atoms with E-state index in [1.807, 2.05) is 78.9 Å². The Labute approximate surface area is 237 Å². The van der Waals surface area contributed by atoms with E-state index < -0.39 is 7.14 Å². The van der Waals surface area contributed by atoms with Crippen LogP contribution in [0.3, 0.4) is 0 Å². The van der Waals surface area contributed by atoms with E-state index in [9.17, 15) is 0 Å². The average molecular weight is 545 g/mol. The summed E-state index contributed by atoms with van der Waals surface area (Å²) in [4.78, 5) is 5.08. The van der Waals surface area contributed by atoms with Gasteiger partial charge in [0, 0.05) is 26.7 Å². The Balaban J connectivity index is 1.37. The topological polar surface area (TPSA) is 34.4 Å². The number of nitrogens with zero attached hydrogens (tertiary/aromatic N) is 2. The molecule has 41 heavy (non-hydrogen) atoms. The summed E-state index contributed by atoms with van der Waals surface area (Å²) in [6.45, 7) is 0. The number of rotatable bonds is 4. The number of para-hydroxylation sites is 3. The normalized spacial score (nSPS) is 12.0. The zero-order chi connectivity index (χ0) is 27.4. The largest absolute Gasteiger partial charge is 0.309 e. The van der Waals surface area contributed by atoms with Gasteiger partial charge in [0.15, 0.2) is 7.14 Å². The number of aromatic nitrogens is 2. The summed E-state index contributed by atoms with van der Waals surface area (Å²) in [5.74, 6) is 0. The highest BCUT2D eigenvalue weighted by Crippen LogP contribution is 2.43. The Morgan fingerprint density at radius 1 is 0.463 bits per heavy atom. The fourth-order valence-corrected chi connectivity index (χ4v) is 8.79. The second-order valence-corrected chi connectivity index (χ2v) is 13.1. The van der Waals surface area contributed by atoms with E-state index in [4.69, 9.17) is 4.98 Å². The molecule has 0 atom stereocenters. The van der Waals surface area contributed by atoms with E-state index in [1.165, 1.54) is 10.8 Å². The molecule has 0 aliphatic carbocycles. The smallest absolute Gasteiger partial charge is 0.171 e. The first-order valence-electron chi connectivity index (χ1n) is 13.8. The minimum atomic E-state index is -3.08. The van der Waals surface area contributed by atoms with Gasteiger partial charge in [-0.25, -0.2) is 4.98 Å². The van der Waals surface area contributed by atoms with Crippen molar-refractivity contribution < 1.29 is 4.57 Å². The zero-order valence-electron chi connectivity index (χ0n) is 22.2. The highest BCUT2D eigenvalue weighted by Gasteiger charge is 2.29. The van der Waals surface area contributed by atoms with Crippen LogP contribution in [0.15, 0.2) is 152 Å². The van der Waals surface area contributed by atoms with Crippen LogP contribution in [0, 0.1) is 0 Å². The van der Waals surface area contributed by atoms with Crippen LogP contribution < -0.4 is 15.9 Å². The number of hydrogen-bond donors (Lipinski definition) is 0. The molecule has 2 heterocycles. The molecule has 0 unspecified atom stereocenters. The molecule has 194 valence electrons. The van der Waals surface area contributed by atoms with Crippen molar-refractivity contribution in [1.29, 1.82) is 0 Å². The summed E-state index contributed by atoms with van der Waals surface area (Å²) in [5, 5.41) is 5.94. The summed E-state index contributed by atoms with van der Waals surface area (Å²) >= 11 is 0. The van der Waals surface area contributed by atoms with Gasteiger partial charge in [-0.15, -0.1) is 0 Å². The number of imidazole rings is 1. The first-order valence-corrected chi connectivity index (χ1v) is 15.5. The Kier molecular flexibility index (Phi) is 5.41. The SMILES string of the molecule is O=P(c1ccccc1)(c1ccccc1)c1cccc(-c2ccc3c4ccccc4n4c5ccccc5nc4c3c2)c1. The van der Waals surface area contributed by atoms with Crippen LogP contribution in [0.4, 0.5) is 0 Å². The van der Waals surface area contributed by atoms with Gasteiger partial charge in [0.25, 0.3) is 0 Å². The maximum Gasteiger partial charge on any atom is 0.171 e. The summed E-state index contributed by atoms with van der Waals surface area (Å²) in [6, 6.07) is 51.3. The summed E-state index contributed by atoms with van der Waals surface area (Å²) in [7, 11) is -3.08. The van der Waals surface area contributed by atoms with Crippen LogP contribution in [0.25, 0.3) is 49.5 Å². The van der Waals surface area contributed by atoms with Crippen molar-refractivity contribution in [3.63, 3.8) is 0 Å². The van der Waals surface area contributed by atoms with E-state index in [1.54, 1.807) is 0 Å². The molecule has 0 spiro atoms. The fraction of sp³-hybridized carbons (Fsp3) is 0. The van der Waals surface area contributed by atoms with E-state index in [0.717, 1.165) is 54.6 Å². The minimum absolute atomic E-state index is 0.822. The van der Waals surface area contributed by atoms with Crippen molar-refractivity contribution in [3.05, 3.63) is 152 Å². The average Bonchev–Trinajstić information content (AvgIpc) is 3.45. The molecule has 0 aliphatic rings. The van der Waals surface area contributed by atoms with E-state index >= 15 is 4.57 Å². The van der Waals surface area contributed by atoms with Crippen molar-refractivity contribution in [2.45, 2.75) is 0 Å². The molecule has 0 saturated heterocycles. The standard InChI is InChI=1S/C37H25N2OP/c40-41(28-13-3-1-4-14-28,29-15-5-2-6-16-29)30-17-11-12-26(24-30)27-22-23-31-32-18-7-9-20-35(32)39-36-21-10-8-19-34(36)38-37(39)33(31)25-27/h1-25H. The van der Waals surface area contributed by atoms with Crippen molar-refractivity contribution in [3.8, 4) is 11.1 Å². The molecule has 8 aromatic rings. The van der Waals surface area contributed by atoms with Crippen LogP contribution in [0.1, 0.15) is 0 Å². The molecule has 6 aromatic carbocycles. The number of fused-ring (bicyclic) bond motifs is 8. The van der Waals surface area contributed by atoms with Crippen LogP contribution in [-0.4, -0.2) is 9.38 Å².